The molecule has 0 heterocycles. The number of nitrogens with two attached hydrogens (primary N) is 1. The maximum absolute atomic E-state index is 12.2. The molecule has 6 heteroatoms. The Labute approximate surface area is 119 Å². The molecule has 1 aliphatic carbocycles. The summed E-state index contributed by atoms with van der Waals surface area (Å²) in [5, 5.41) is 0.395. The molecule has 0 aromatic heterocycles. The van der Waals surface area contributed by atoms with Gasteiger partial charge in [-0.1, -0.05) is 31.0 Å². The molecule has 0 amide bonds. The molecular weight excluding hydrogens is 284 g/mol. The molecule has 19 heavy (non-hydrogen) atoms. The van der Waals surface area contributed by atoms with Crippen molar-refractivity contribution in [3.05, 3.63) is 28.8 Å². The van der Waals surface area contributed by atoms with Gasteiger partial charge in [-0.3, -0.25) is 0 Å². The van der Waals surface area contributed by atoms with Crippen molar-refractivity contribution in [3.63, 3.8) is 0 Å². The second-order valence-electron chi connectivity index (χ2n) is 4.97. The number of halogens is 1. The Bertz CT molecular complexity index is 560. The first-order valence-corrected chi connectivity index (χ1v) is 8.35. The van der Waals surface area contributed by atoms with Gasteiger partial charge in [0.2, 0.25) is 10.0 Å². The molecule has 1 aliphatic rings. The van der Waals surface area contributed by atoms with Crippen molar-refractivity contribution in [2.75, 3.05) is 0 Å². The van der Waals surface area contributed by atoms with Crippen LogP contribution in [0.2, 0.25) is 5.02 Å². The maximum atomic E-state index is 12.2. The number of nitrogens with one attached hydrogen (secondary N) is 1. The third-order valence-electron chi connectivity index (χ3n) is 3.44. The zero-order valence-corrected chi connectivity index (χ0v) is 12.5. The van der Waals surface area contributed by atoms with Gasteiger partial charge in [-0.25, -0.2) is 13.1 Å². The molecule has 1 fully saturated rings. The monoisotopic (exact) mass is 302 g/mol. The largest absolute Gasteiger partial charge is 0.326 e. The Morgan fingerprint density at radius 3 is 2.79 bits per heavy atom. The third kappa shape index (κ3) is 3.48. The molecule has 0 radical (unpaired) electrons. The molecule has 1 aromatic carbocycles. The van der Waals surface area contributed by atoms with Gasteiger partial charge >= 0.3 is 0 Å². The van der Waals surface area contributed by atoms with E-state index in [9.17, 15) is 8.42 Å². The molecule has 1 saturated carbocycles. The minimum atomic E-state index is -3.47. The van der Waals surface area contributed by atoms with Crippen LogP contribution in [0, 0.1) is 5.92 Å². The van der Waals surface area contributed by atoms with Gasteiger partial charge in [0.05, 0.1) is 4.90 Å². The second-order valence-corrected chi connectivity index (χ2v) is 7.09. The Balaban J connectivity index is 2.10. The van der Waals surface area contributed by atoms with Gasteiger partial charge in [0.25, 0.3) is 0 Å². The molecule has 2 atom stereocenters. The lowest BCUT2D eigenvalue weighted by Gasteiger charge is -2.08. The first kappa shape index (κ1) is 14.8. The summed E-state index contributed by atoms with van der Waals surface area (Å²) in [5.74, 6) is 0.485. The molecule has 0 bridgehead atoms. The summed E-state index contributed by atoms with van der Waals surface area (Å²) in [4.78, 5) is 0.205. The zero-order valence-electron chi connectivity index (χ0n) is 10.9. The minimum absolute atomic E-state index is 0.0814. The Morgan fingerprint density at radius 2 is 2.21 bits per heavy atom. The van der Waals surface area contributed by atoms with Gasteiger partial charge < -0.3 is 5.73 Å². The summed E-state index contributed by atoms with van der Waals surface area (Å²) < 4.78 is 27.1. The van der Waals surface area contributed by atoms with E-state index in [4.69, 9.17) is 17.3 Å². The van der Waals surface area contributed by atoms with Crippen LogP contribution in [0.1, 0.15) is 31.7 Å². The number of rotatable bonds is 6. The third-order valence-corrected chi connectivity index (χ3v) is 5.28. The lowest BCUT2D eigenvalue weighted by molar-refractivity contribution is 0.573. The second kappa shape index (κ2) is 5.79. The first-order valence-electron chi connectivity index (χ1n) is 6.48. The van der Waals surface area contributed by atoms with Gasteiger partial charge in [0, 0.05) is 17.6 Å². The average molecular weight is 303 g/mol. The molecule has 0 spiro atoms. The highest BCUT2D eigenvalue weighted by Crippen LogP contribution is 2.35. The summed E-state index contributed by atoms with van der Waals surface area (Å²) in [6, 6.07) is 4.75. The van der Waals surface area contributed by atoms with Crippen LogP contribution in [-0.4, -0.2) is 14.5 Å². The SMILES string of the molecule is CCCC1CC1NS(=O)(=O)c1ccc(CN)c(Cl)c1. The summed E-state index contributed by atoms with van der Waals surface area (Å²) in [6.45, 7) is 2.41. The lowest BCUT2D eigenvalue weighted by Crippen LogP contribution is -2.27. The summed E-state index contributed by atoms with van der Waals surface area (Å²) in [6.07, 6.45) is 3.08. The Morgan fingerprint density at radius 1 is 1.47 bits per heavy atom. The van der Waals surface area contributed by atoms with Crippen molar-refractivity contribution in [1.82, 2.24) is 4.72 Å². The molecule has 2 unspecified atom stereocenters. The van der Waals surface area contributed by atoms with Crippen molar-refractivity contribution >= 4 is 21.6 Å². The van der Waals surface area contributed by atoms with Crippen LogP contribution < -0.4 is 10.5 Å². The fourth-order valence-corrected chi connectivity index (χ4v) is 3.88. The predicted octanol–water partition coefficient (Wildman–Crippen LogP) is 2.27. The van der Waals surface area contributed by atoms with Crippen LogP contribution in [0.5, 0.6) is 0 Å². The fourth-order valence-electron chi connectivity index (χ4n) is 2.21. The number of hydrogen-bond donors (Lipinski definition) is 2. The van der Waals surface area contributed by atoms with Crippen LogP contribution in [-0.2, 0) is 16.6 Å². The van der Waals surface area contributed by atoms with Gasteiger partial charge in [0.15, 0.2) is 0 Å². The van der Waals surface area contributed by atoms with Gasteiger partial charge in [-0.15, -0.1) is 0 Å². The van der Waals surface area contributed by atoms with Crippen molar-refractivity contribution in [1.29, 1.82) is 0 Å². The van der Waals surface area contributed by atoms with E-state index in [0.717, 1.165) is 24.8 Å². The molecule has 0 aliphatic heterocycles. The highest BCUT2D eigenvalue weighted by molar-refractivity contribution is 7.89. The highest BCUT2D eigenvalue weighted by atomic mass is 35.5. The summed E-state index contributed by atoms with van der Waals surface area (Å²) >= 11 is 5.99. The molecule has 4 nitrogen and oxygen atoms in total. The molecular formula is C13H19ClN2O2S. The van der Waals surface area contributed by atoms with Crippen LogP contribution >= 0.6 is 11.6 Å². The van der Waals surface area contributed by atoms with Gasteiger partial charge in [0.1, 0.15) is 0 Å². The highest BCUT2D eigenvalue weighted by Gasteiger charge is 2.39. The maximum Gasteiger partial charge on any atom is 0.240 e. The standard InChI is InChI=1S/C13H19ClN2O2S/c1-2-3-9-6-13(9)16-19(17,18)11-5-4-10(8-15)12(14)7-11/h4-5,7,9,13,16H,2-3,6,8,15H2,1H3. The fraction of sp³-hybridized carbons (Fsp3) is 0.538. The Hall–Kier alpha value is -0.620. The normalized spacial score (nSPS) is 22.5. The average Bonchev–Trinajstić information content (AvgIpc) is 3.06. The number of hydrogen-bond acceptors (Lipinski definition) is 3. The molecule has 1 aromatic rings. The van der Waals surface area contributed by atoms with Gasteiger partial charge in [-0.05, 0) is 36.5 Å². The van der Waals surface area contributed by atoms with Gasteiger partial charge in [-0.2, -0.15) is 0 Å². The van der Waals surface area contributed by atoms with E-state index in [-0.39, 0.29) is 10.9 Å². The lowest BCUT2D eigenvalue weighted by atomic mass is 10.2. The zero-order chi connectivity index (χ0) is 14.0. The Kier molecular flexibility index (Phi) is 4.50. The van der Waals surface area contributed by atoms with E-state index in [1.807, 2.05) is 0 Å². The van der Waals surface area contributed by atoms with E-state index in [0.29, 0.717) is 17.5 Å². The molecule has 0 saturated heterocycles. The first-order chi connectivity index (χ1) is 8.97. The predicted molar refractivity (Wildman–Crippen MR) is 76.5 cm³/mol. The van der Waals surface area contributed by atoms with Crippen LogP contribution in [0.3, 0.4) is 0 Å². The summed E-state index contributed by atoms with van der Waals surface area (Å²) in [7, 11) is -3.47. The van der Waals surface area contributed by atoms with Crippen molar-refractivity contribution < 1.29 is 8.42 Å². The topological polar surface area (TPSA) is 72.2 Å². The number of sulfonamides is 1. The van der Waals surface area contributed by atoms with E-state index in [1.165, 1.54) is 6.07 Å². The van der Waals surface area contributed by atoms with Crippen molar-refractivity contribution in [3.8, 4) is 0 Å². The number of benzene rings is 1. The van der Waals surface area contributed by atoms with E-state index >= 15 is 0 Å². The summed E-state index contributed by atoms with van der Waals surface area (Å²) in [5.41, 5.74) is 6.25. The minimum Gasteiger partial charge on any atom is -0.326 e. The van der Waals surface area contributed by atoms with Crippen molar-refractivity contribution in [2.24, 2.45) is 11.7 Å². The van der Waals surface area contributed by atoms with Crippen LogP contribution in [0.4, 0.5) is 0 Å². The molecule has 2 rings (SSSR count). The molecule has 106 valence electrons. The van der Waals surface area contributed by atoms with E-state index in [2.05, 4.69) is 11.6 Å². The van der Waals surface area contributed by atoms with E-state index < -0.39 is 10.0 Å². The van der Waals surface area contributed by atoms with Crippen LogP contribution in [0.15, 0.2) is 23.1 Å². The molecule has 3 N–H and O–H groups in total. The van der Waals surface area contributed by atoms with E-state index in [1.54, 1.807) is 12.1 Å². The smallest absolute Gasteiger partial charge is 0.240 e. The van der Waals surface area contributed by atoms with Crippen molar-refractivity contribution in [2.45, 2.75) is 43.7 Å². The quantitative estimate of drug-likeness (QED) is 0.846. The van der Waals surface area contributed by atoms with Crippen LogP contribution in [0.25, 0.3) is 0 Å².